The molecule has 1 unspecified atom stereocenters. The van der Waals surface area contributed by atoms with E-state index in [0.717, 1.165) is 11.3 Å². The van der Waals surface area contributed by atoms with Gasteiger partial charge in [0.1, 0.15) is 16.9 Å². The average molecular weight is 648 g/mol. The Kier molecular flexibility index (Phi) is 14.6. The summed E-state index contributed by atoms with van der Waals surface area (Å²) in [5, 5.41) is 11.1. The quantitative estimate of drug-likeness (QED) is 0.136. The van der Waals surface area contributed by atoms with Crippen LogP contribution in [0.15, 0.2) is 24.3 Å². The lowest BCUT2D eigenvalue weighted by molar-refractivity contribution is -0.130. The summed E-state index contributed by atoms with van der Waals surface area (Å²) in [5.41, 5.74) is 6.98. The van der Waals surface area contributed by atoms with E-state index >= 15 is 0 Å². The molecule has 13 heteroatoms. The van der Waals surface area contributed by atoms with E-state index in [4.69, 9.17) is 10.5 Å². The molecule has 0 aliphatic heterocycles. The molecule has 11 nitrogen and oxygen atoms in total. The van der Waals surface area contributed by atoms with Crippen LogP contribution in [0.4, 0.5) is 9.39 Å². The number of amides is 4. The Hall–Kier alpha value is -3.84. The molecule has 0 fully saturated rings. The third-order valence-corrected chi connectivity index (χ3v) is 8.29. The molecule has 0 saturated carbocycles. The molecular weight excluding hydrogens is 601 g/mol. The summed E-state index contributed by atoms with van der Waals surface area (Å²) < 4.78 is 18.3. The van der Waals surface area contributed by atoms with Crippen LogP contribution in [0.25, 0.3) is 0 Å². The second kappa shape index (κ2) is 17.6. The van der Waals surface area contributed by atoms with Gasteiger partial charge in [0.15, 0.2) is 0 Å². The topological polar surface area (TPSA) is 169 Å². The van der Waals surface area contributed by atoms with Gasteiger partial charge in [-0.2, -0.15) is 0 Å². The zero-order valence-corrected chi connectivity index (χ0v) is 27.9. The van der Waals surface area contributed by atoms with Gasteiger partial charge in [0.05, 0.1) is 29.5 Å². The number of ether oxygens (including phenoxy) is 1. The van der Waals surface area contributed by atoms with Crippen molar-refractivity contribution in [3.05, 3.63) is 51.7 Å². The highest BCUT2D eigenvalue weighted by atomic mass is 32.1. The molecule has 0 radical (unpaired) electrons. The van der Waals surface area contributed by atoms with Gasteiger partial charge in [-0.25, -0.2) is 9.18 Å². The molecule has 0 aliphatic carbocycles. The number of esters is 1. The van der Waals surface area contributed by atoms with Gasteiger partial charge in [0.25, 0.3) is 5.91 Å². The fourth-order valence-corrected chi connectivity index (χ4v) is 5.91. The number of methoxy groups -OCH3 is 1. The summed E-state index contributed by atoms with van der Waals surface area (Å²) >= 11 is 0.930. The number of nitrogens with one attached hydrogen (secondary N) is 4. The largest absolute Gasteiger partial charge is 0.465 e. The normalized spacial score (nSPS) is 13.1. The zero-order chi connectivity index (χ0) is 33.8. The molecule has 2 rings (SSSR count). The highest BCUT2D eigenvalue weighted by molar-refractivity contribution is 7.18. The fraction of sp³-hybridized carbons (Fsp3) is 0.531. The van der Waals surface area contributed by atoms with Gasteiger partial charge in [-0.1, -0.05) is 46.8 Å². The molecule has 3 atom stereocenters. The van der Waals surface area contributed by atoms with Crippen LogP contribution in [0.5, 0.6) is 0 Å². The zero-order valence-electron chi connectivity index (χ0n) is 27.0. The van der Waals surface area contributed by atoms with Gasteiger partial charge in [0, 0.05) is 13.1 Å². The molecule has 2 aromatic rings. The van der Waals surface area contributed by atoms with Gasteiger partial charge in [-0.05, 0) is 61.3 Å². The van der Waals surface area contributed by atoms with Crippen LogP contribution in [-0.4, -0.2) is 61.9 Å². The molecule has 0 aliphatic rings. The number of carbonyl (C=O) groups is 5. The van der Waals surface area contributed by atoms with Crippen molar-refractivity contribution in [1.29, 1.82) is 0 Å². The van der Waals surface area contributed by atoms with E-state index in [2.05, 4.69) is 21.3 Å². The minimum absolute atomic E-state index is 0.0613. The number of benzene rings is 1. The lowest BCUT2D eigenvalue weighted by Gasteiger charge is -2.22. The summed E-state index contributed by atoms with van der Waals surface area (Å²) in [6.45, 7) is 11.3. The van der Waals surface area contributed by atoms with Crippen LogP contribution in [0.1, 0.15) is 91.0 Å². The number of hydrogen-bond acceptors (Lipinski definition) is 8. The first-order chi connectivity index (χ1) is 21.2. The van der Waals surface area contributed by atoms with Gasteiger partial charge in [-0.15, -0.1) is 11.3 Å². The molecular formula is C32H46FN5O6S. The van der Waals surface area contributed by atoms with Gasteiger partial charge in [-0.3, -0.25) is 19.2 Å². The van der Waals surface area contributed by atoms with E-state index in [1.807, 2.05) is 34.6 Å². The number of halogens is 1. The van der Waals surface area contributed by atoms with Crippen molar-refractivity contribution in [3.8, 4) is 0 Å². The van der Waals surface area contributed by atoms with E-state index in [9.17, 15) is 28.4 Å². The molecule has 0 spiro atoms. The standard InChI is InChI=1S/C32H46FN5O6S/c1-8-22(20-9-11-21(33)12-10-20)27(39)38-31-25(32(43)44-7)19(6)26(45-31)30(42)36-14-13-35-29(41)24(16-18(4)5)37-28(40)23(34)15-17(2)3/h9-12,17-18,22-24H,8,13-16,34H2,1-7H3,(H,35,41)(H,36,42)(H,37,40)(H,38,39)/t22?,23-,24-/m0/s1. The van der Waals surface area contributed by atoms with Crippen LogP contribution < -0.4 is 27.0 Å². The molecule has 1 aromatic heterocycles. The van der Waals surface area contributed by atoms with E-state index < -0.39 is 47.5 Å². The van der Waals surface area contributed by atoms with Gasteiger partial charge < -0.3 is 31.7 Å². The first-order valence-electron chi connectivity index (χ1n) is 15.1. The van der Waals surface area contributed by atoms with E-state index in [-0.39, 0.29) is 46.3 Å². The van der Waals surface area contributed by atoms with Crippen LogP contribution in [0.2, 0.25) is 0 Å². The summed E-state index contributed by atoms with van der Waals surface area (Å²) in [4.78, 5) is 64.6. The predicted molar refractivity (Wildman–Crippen MR) is 173 cm³/mol. The lowest BCUT2D eigenvalue weighted by Crippen LogP contribution is -2.53. The molecule has 0 saturated heterocycles. The lowest BCUT2D eigenvalue weighted by atomic mass is 9.95. The highest BCUT2D eigenvalue weighted by Crippen LogP contribution is 2.35. The number of rotatable bonds is 16. The van der Waals surface area contributed by atoms with Crippen molar-refractivity contribution in [2.75, 3.05) is 25.5 Å². The Labute approximate surface area is 268 Å². The van der Waals surface area contributed by atoms with Crippen LogP contribution in [-0.2, 0) is 19.1 Å². The number of nitrogens with two attached hydrogens (primary N) is 1. The number of hydrogen-bond donors (Lipinski definition) is 5. The SMILES string of the molecule is CCC(C(=O)Nc1sc(C(=O)NCCNC(=O)[C@H](CC(C)C)NC(=O)[C@@H](N)CC(C)C)c(C)c1C(=O)OC)c1ccc(F)cc1. The molecule has 1 aromatic carbocycles. The summed E-state index contributed by atoms with van der Waals surface area (Å²) in [7, 11) is 1.20. The van der Waals surface area contributed by atoms with E-state index in [0.29, 0.717) is 30.4 Å². The third-order valence-electron chi connectivity index (χ3n) is 7.09. The van der Waals surface area contributed by atoms with E-state index in [1.54, 1.807) is 6.92 Å². The molecule has 0 bridgehead atoms. The third kappa shape index (κ3) is 10.9. The van der Waals surface area contributed by atoms with Crippen molar-refractivity contribution >= 4 is 45.9 Å². The maximum Gasteiger partial charge on any atom is 0.341 e. The number of carbonyl (C=O) groups excluding carboxylic acids is 5. The van der Waals surface area contributed by atoms with Gasteiger partial charge in [0.2, 0.25) is 17.7 Å². The summed E-state index contributed by atoms with van der Waals surface area (Å²) in [6.07, 6.45) is 1.32. The van der Waals surface area contributed by atoms with Crippen molar-refractivity contribution in [2.45, 2.75) is 78.8 Å². The van der Waals surface area contributed by atoms with Crippen molar-refractivity contribution in [3.63, 3.8) is 0 Å². The average Bonchev–Trinajstić information content (AvgIpc) is 3.30. The minimum Gasteiger partial charge on any atom is -0.465 e. The maximum atomic E-state index is 13.4. The second-order valence-electron chi connectivity index (χ2n) is 11.7. The highest BCUT2D eigenvalue weighted by Gasteiger charge is 2.29. The number of anilines is 1. The molecule has 45 heavy (non-hydrogen) atoms. The Morgan fingerprint density at radius 1 is 0.911 bits per heavy atom. The smallest absolute Gasteiger partial charge is 0.341 e. The Morgan fingerprint density at radius 3 is 2.07 bits per heavy atom. The first kappa shape index (κ1) is 37.3. The molecule has 6 N–H and O–H groups in total. The Bertz CT molecular complexity index is 1340. The van der Waals surface area contributed by atoms with Crippen molar-refractivity contribution in [1.82, 2.24) is 16.0 Å². The molecule has 1 heterocycles. The van der Waals surface area contributed by atoms with Crippen molar-refractivity contribution in [2.24, 2.45) is 17.6 Å². The fourth-order valence-electron chi connectivity index (χ4n) is 4.79. The number of thiophene rings is 1. The van der Waals surface area contributed by atoms with E-state index in [1.165, 1.54) is 31.4 Å². The Morgan fingerprint density at radius 2 is 1.51 bits per heavy atom. The molecule has 248 valence electrons. The van der Waals surface area contributed by atoms with Crippen LogP contribution in [0.3, 0.4) is 0 Å². The summed E-state index contributed by atoms with van der Waals surface area (Å²) in [5.74, 6) is -3.10. The van der Waals surface area contributed by atoms with Crippen LogP contribution >= 0.6 is 11.3 Å². The van der Waals surface area contributed by atoms with Gasteiger partial charge >= 0.3 is 5.97 Å². The molecule has 4 amide bonds. The Balaban J connectivity index is 2.09. The van der Waals surface area contributed by atoms with Crippen LogP contribution in [0, 0.1) is 24.6 Å². The maximum absolute atomic E-state index is 13.4. The predicted octanol–water partition coefficient (Wildman–Crippen LogP) is 3.86. The second-order valence-corrected chi connectivity index (χ2v) is 12.7. The monoisotopic (exact) mass is 647 g/mol. The summed E-state index contributed by atoms with van der Waals surface area (Å²) in [6, 6.07) is 4.11. The van der Waals surface area contributed by atoms with Crippen molar-refractivity contribution < 1.29 is 33.1 Å². The first-order valence-corrected chi connectivity index (χ1v) is 15.9. The minimum atomic E-state index is -0.776.